The minimum atomic E-state index is -0.821. The van der Waals surface area contributed by atoms with E-state index in [4.69, 9.17) is 14.2 Å². The second-order valence-electron chi connectivity index (χ2n) is 7.89. The average molecular weight is 374 g/mol. The first-order chi connectivity index (χ1) is 12.1. The Morgan fingerprint density at radius 3 is 2.00 bits per heavy atom. The van der Waals surface area contributed by atoms with Gasteiger partial charge >= 0.3 is 11.9 Å². The summed E-state index contributed by atoms with van der Waals surface area (Å²) in [4.78, 5) is 23.2. The van der Waals surface area contributed by atoms with Crippen molar-refractivity contribution in [2.45, 2.75) is 103 Å². The molecule has 1 aliphatic heterocycles. The fourth-order valence-corrected chi connectivity index (χ4v) is 3.09. The number of carbonyl (C=O) groups is 2. The Kier molecular flexibility index (Phi) is 9.54. The van der Waals surface area contributed by atoms with Crippen molar-refractivity contribution in [1.82, 2.24) is 0 Å². The third-order valence-electron chi connectivity index (χ3n) is 4.04. The standard InChI is InChI=1S/C19H34O7/c1-5-24-17(22)11-13(20)9-15-7-6-8-16(25-15)10-14(21)12-18(23)26-19(2,3)4/h13-16,20-21H,5-12H2,1-4H3/t13-,14-,15-,16+/m1/s1. The molecule has 0 amide bonds. The monoisotopic (exact) mass is 374 g/mol. The third kappa shape index (κ3) is 10.1. The zero-order chi connectivity index (χ0) is 19.7. The molecule has 152 valence electrons. The Balaban J connectivity index is 2.36. The number of aliphatic hydroxyl groups is 2. The molecule has 0 aromatic heterocycles. The Bertz CT molecular complexity index is 444. The van der Waals surface area contributed by atoms with Crippen molar-refractivity contribution < 1.29 is 34.0 Å². The molecule has 7 nitrogen and oxygen atoms in total. The predicted molar refractivity (Wildman–Crippen MR) is 95.5 cm³/mol. The molecule has 1 rings (SSSR count). The molecular formula is C19H34O7. The zero-order valence-corrected chi connectivity index (χ0v) is 16.4. The van der Waals surface area contributed by atoms with E-state index in [-0.39, 0.29) is 25.0 Å². The van der Waals surface area contributed by atoms with Gasteiger partial charge in [-0.1, -0.05) is 0 Å². The van der Waals surface area contributed by atoms with Crippen molar-refractivity contribution in [3.63, 3.8) is 0 Å². The SMILES string of the molecule is CCOC(=O)C[C@H](O)C[C@H]1CCC[C@@H](C[C@@H](O)CC(=O)OC(C)(C)C)O1. The molecule has 0 spiro atoms. The van der Waals surface area contributed by atoms with E-state index in [1.54, 1.807) is 27.7 Å². The van der Waals surface area contributed by atoms with Crippen LogP contribution in [0.3, 0.4) is 0 Å². The van der Waals surface area contributed by atoms with E-state index >= 15 is 0 Å². The van der Waals surface area contributed by atoms with Crippen molar-refractivity contribution >= 4 is 11.9 Å². The minimum Gasteiger partial charge on any atom is -0.466 e. The molecule has 0 aromatic rings. The molecular weight excluding hydrogens is 340 g/mol. The number of carbonyl (C=O) groups excluding carboxylic acids is 2. The van der Waals surface area contributed by atoms with Gasteiger partial charge in [0.2, 0.25) is 0 Å². The second kappa shape index (κ2) is 10.8. The van der Waals surface area contributed by atoms with Gasteiger partial charge in [0.1, 0.15) is 5.60 Å². The average Bonchev–Trinajstić information content (AvgIpc) is 2.44. The van der Waals surface area contributed by atoms with Gasteiger partial charge in [-0.25, -0.2) is 0 Å². The smallest absolute Gasteiger partial charge is 0.308 e. The van der Waals surface area contributed by atoms with E-state index in [9.17, 15) is 19.8 Å². The quantitative estimate of drug-likeness (QED) is 0.596. The number of ether oxygens (including phenoxy) is 3. The van der Waals surface area contributed by atoms with Crippen LogP contribution in [0.15, 0.2) is 0 Å². The van der Waals surface area contributed by atoms with Crippen molar-refractivity contribution in [2.75, 3.05) is 6.61 Å². The molecule has 0 saturated carbocycles. The van der Waals surface area contributed by atoms with Crippen LogP contribution in [0, 0.1) is 0 Å². The van der Waals surface area contributed by atoms with Gasteiger partial charge in [-0.15, -0.1) is 0 Å². The van der Waals surface area contributed by atoms with E-state index in [1.807, 2.05) is 0 Å². The summed E-state index contributed by atoms with van der Waals surface area (Å²) in [5.41, 5.74) is -0.571. The van der Waals surface area contributed by atoms with Crippen molar-refractivity contribution in [3.05, 3.63) is 0 Å². The van der Waals surface area contributed by atoms with Crippen molar-refractivity contribution in [3.8, 4) is 0 Å². The minimum absolute atomic E-state index is 0.0420. The van der Waals surface area contributed by atoms with Gasteiger partial charge in [0, 0.05) is 12.8 Å². The van der Waals surface area contributed by atoms with Gasteiger partial charge in [0.15, 0.2) is 0 Å². The highest BCUT2D eigenvalue weighted by molar-refractivity contribution is 5.70. The molecule has 0 aliphatic carbocycles. The van der Waals surface area contributed by atoms with Gasteiger partial charge in [-0.2, -0.15) is 0 Å². The molecule has 1 fully saturated rings. The van der Waals surface area contributed by atoms with Gasteiger partial charge in [-0.05, 0) is 47.0 Å². The Hall–Kier alpha value is -1.18. The first-order valence-electron chi connectivity index (χ1n) is 9.48. The summed E-state index contributed by atoms with van der Waals surface area (Å²) in [6.45, 7) is 7.37. The predicted octanol–water partition coefficient (Wildman–Crippen LogP) is 2.11. The van der Waals surface area contributed by atoms with Crippen LogP contribution in [0.4, 0.5) is 0 Å². The fraction of sp³-hybridized carbons (Fsp3) is 0.895. The topological polar surface area (TPSA) is 102 Å². The van der Waals surface area contributed by atoms with Crippen LogP contribution in [0.5, 0.6) is 0 Å². The molecule has 26 heavy (non-hydrogen) atoms. The van der Waals surface area contributed by atoms with E-state index in [0.717, 1.165) is 19.3 Å². The molecule has 0 radical (unpaired) electrons. The van der Waals surface area contributed by atoms with Crippen LogP contribution in [0.1, 0.15) is 72.6 Å². The van der Waals surface area contributed by atoms with Crippen molar-refractivity contribution in [2.24, 2.45) is 0 Å². The van der Waals surface area contributed by atoms with Gasteiger partial charge in [-0.3, -0.25) is 9.59 Å². The lowest BCUT2D eigenvalue weighted by Crippen LogP contribution is -2.34. The highest BCUT2D eigenvalue weighted by Crippen LogP contribution is 2.26. The largest absolute Gasteiger partial charge is 0.466 e. The maximum absolute atomic E-state index is 11.8. The highest BCUT2D eigenvalue weighted by atomic mass is 16.6. The number of aliphatic hydroxyl groups excluding tert-OH is 2. The lowest BCUT2D eigenvalue weighted by molar-refractivity contribution is -0.158. The van der Waals surface area contributed by atoms with E-state index in [2.05, 4.69) is 0 Å². The maximum atomic E-state index is 11.8. The summed E-state index contributed by atoms with van der Waals surface area (Å²) in [6, 6.07) is 0. The molecule has 2 N–H and O–H groups in total. The molecule has 0 bridgehead atoms. The zero-order valence-electron chi connectivity index (χ0n) is 16.4. The van der Waals surface area contributed by atoms with Crippen LogP contribution in [0.25, 0.3) is 0 Å². The van der Waals surface area contributed by atoms with Crippen LogP contribution < -0.4 is 0 Å². The molecule has 1 heterocycles. The molecule has 0 aromatic carbocycles. The first-order valence-corrected chi connectivity index (χ1v) is 9.48. The Morgan fingerprint density at radius 1 is 1.04 bits per heavy atom. The lowest BCUT2D eigenvalue weighted by Gasteiger charge is -2.32. The maximum Gasteiger partial charge on any atom is 0.308 e. The van der Waals surface area contributed by atoms with Crippen LogP contribution in [-0.2, 0) is 23.8 Å². The lowest BCUT2D eigenvalue weighted by atomic mass is 9.95. The molecule has 7 heteroatoms. The number of esters is 2. The molecule has 4 atom stereocenters. The highest BCUT2D eigenvalue weighted by Gasteiger charge is 2.28. The first kappa shape index (κ1) is 22.9. The van der Waals surface area contributed by atoms with Gasteiger partial charge in [0.05, 0.1) is 43.9 Å². The summed E-state index contributed by atoms with van der Waals surface area (Å²) >= 11 is 0. The second-order valence-corrected chi connectivity index (χ2v) is 7.89. The number of rotatable bonds is 9. The van der Waals surface area contributed by atoms with Gasteiger partial charge < -0.3 is 24.4 Å². The van der Waals surface area contributed by atoms with Crippen LogP contribution in [0.2, 0.25) is 0 Å². The van der Waals surface area contributed by atoms with Crippen LogP contribution in [-0.4, -0.2) is 58.8 Å². The Labute approximate surface area is 156 Å². The summed E-state index contributed by atoms with van der Waals surface area (Å²) in [5.74, 6) is -0.845. The number of hydrogen-bond donors (Lipinski definition) is 2. The summed E-state index contributed by atoms with van der Waals surface area (Å²) in [5, 5.41) is 20.1. The summed E-state index contributed by atoms with van der Waals surface area (Å²) in [7, 11) is 0. The molecule has 1 saturated heterocycles. The van der Waals surface area contributed by atoms with E-state index in [0.29, 0.717) is 19.4 Å². The molecule has 0 unspecified atom stereocenters. The fourth-order valence-electron chi connectivity index (χ4n) is 3.09. The normalized spacial score (nSPS) is 23.2. The van der Waals surface area contributed by atoms with Crippen molar-refractivity contribution in [1.29, 1.82) is 0 Å². The van der Waals surface area contributed by atoms with Crippen LogP contribution >= 0.6 is 0 Å². The number of hydrogen-bond acceptors (Lipinski definition) is 7. The van der Waals surface area contributed by atoms with E-state index in [1.165, 1.54) is 0 Å². The summed E-state index contributed by atoms with van der Waals surface area (Å²) in [6.07, 6.45) is 1.18. The summed E-state index contributed by atoms with van der Waals surface area (Å²) < 4.78 is 16.0. The van der Waals surface area contributed by atoms with Gasteiger partial charge in [0.25, 0.3) is 0 Å². The van der Waals surface area contributed by atoms with E-state index < -0.39 is 29.7 Å². The Morgan fingerprint density at radius 2 is 1.54 bits per heavy atom. The molecule has 1 aliphatic rings. The third-order valence-corrected chi connectivity index (χ3v) is 4.04.